The molecule has 0 fully saturated rings. The fraction of sp³-hybridized carbons (Fsp3) is 0.429. The Kier molecular flexibility index (Phi) is 8.82. The SMILES string of the molecule is CN=[S@@](=O)(OCCCCCO[S@@](=O)(=NC)c1ccc(C)cc1)c1ccc(C)cc1. The Morgan fingerprint density at radius 2 is 1.00 bits per heavy atom. The maximum Gasteiger partial charge on any atom is 0.193 e. The number of nitrogens with zero attached hydrogens (tertiary/aromatic N) is 2. The minimum atomic E-state index is -2.85. The zero-order chi connectivity index (χ0) is 21.3. The van der Waals surface area contributed by atoms with Gasteiger partial charge in [-0.25, -0.2) is 17.1 Å². The second kappa shape index (κ2) is 10.9. The molecule has 2 rings (SSSR count). The molecule has 2 atom stereocenters. The number of unbranched alkanes of at least 4 members (excludes halogenated alkanes) is 2. The molecular formula is C21H30N2O4S2. The highest BCUT2D eigenvalue weighted by Gasteiger charge is 2.13. The Morgan fingerprint density at radius 1 is 0.655 bits per heavy atom. The lowest BCUT2D eigenvalue weighted by molar-refractivity contribution is 0.300. The van der Waals surface area contributed by atoms with Crippen LogP contribution in [0.3, 0.4) is 0 Å². The van der Waals surface area contributed by atoms with Crippen LogP contribution in [0.15, 0.2) is 67.0 Å². The maximum absolute atomic E-state index is 12.8. The molecule has 8 heteroatoms. The van der Waals surface area contributed by atoms with E-state index in [1.807, 2.05) is 38.1 Å². The van der Waals surface area contributed by atoms with Crippen molar-refractivity contribution in [1.29, 1.82) is 0 Å². The third-order valence-corrected chi connectivity index (χ3v) is 8.06. The summed E-state index contributed by atoms with van der Waals surface area (Å²) in [6.45, 7) is 4.60. The summed E-state index contributed by atoms with van der Waals surface area (Å²) in [7, 11) is -2.69. The quantitative estimate of drug-likeness (QED) is 0.492. The van der Waals surface area contributed by atoms with E-state index in [9.17, 15) is 8.42 Å². The summed E-state index contributed by atoms with van der Waals surface area (Å²) in [5.74, 6) is 0. The molecule has 0 bridgehead atoms. The molecule has 0 saturated carbocycles. The normalized spacial score (nSPS) is 15.3. The second-order valence-electron chi connectivity index (χ2n) is 6.65. The Balaban J connectivity index is 1.78. The number of aryl methyl sites for hydroxylation is 2. The third kappa shape index (κ3) is 6.64. The van der Waals surface area contributed by atoms with E-state index in [4.69, 9.17) is 8.37 Å². The Hall–Kier alpha value is -1.74. The lowest BCUT2D eigenvalue weighted by atomic mass is 10.2. The molecule has 0 aromatic heterocycles. The van der Waals surface area contributed by atoms with Crippen LogP contribution in [-0.4, -0.2) is 35.7 Å². The first-order valence-corrected chi connectivity index (χ1v) is 12.4. The molecule has 0 aliphatic carbocycles. The lowest BCUT2D eigenvalue weighted by Crippen LogP contribution is -2.09. The highest BCUT2D eigenvalue weighted by Crippen LogP contribution is 2.18. The van der Waals surface area contributed by atoms with E-state index in [1.54, 1.807) is 24.3 Å². The van der Waals surface area contributed by atoms with Gasteiger partial charge in [-0.1, -0.05) is 35.4 Å². The zero-order valence-electron chi connectivity index (χ0n) is 17.5. The second-order valence-corrected chi connectivity index (χ2v) is 10.7. The van der Waals surface area contributed by atoms with E-state index in [1.165, 1.54) is 14.1 Å². The molecule has 29 heavy (non-hydrogen) atoms. The predicted molar refractivity (Wildman–Crippen MR) is 118 cm³/mol. The Labute approximate surface area is 175 Å². The van der Waals surface area contributed by atoms with Crippen LogP contribution in [0.25, 0.3) is 0 Å². The topological polar surface area (TPSA) is 77.3 Å². The molecule has 0 heterocycles. The van der Waals surface area contributed by atoms with Gasteiger partial charge in [-0.2, -0.15) is 0 Å². The van der Waals surface area contributed by atoms with Crippen LogP contribution >= 0.6 is 0 Å². The van der Waals surface area contributed by atoms with Gasteiger partial charge in [-0.15, -0.1) is 0 Å². The first-order chi connectivity index (χ1) is 13.8. The van der Waals surface area contributed by atoms with E-state index in [2.05, 4.69) is 8.73 Å². The van der Waals surface area contributed by atoms with Crippen molar-refractivity contribution in [3.63, 3.8) is 0 Å². The highest BCUT2D eigenvalue weighted by molar-refractivity contribution is 7.89. The zero-order valence-corrected chi connectivity index (χ0v) is 19.1. The van der Waals surface area contributed by atoms with Gasteiger partial charge < -0.3 is 0 Å². The molecule has 6 nitrogen and oxygen atoms in total. The highest BCUT2D eigenvalue weighted by atomic mass is 32.2. The minimum absolute atomic E-state index is 0.329. The average Bonchev–Trinajstić information content (AvgIpc) is 2.73. The molecular weight excluding hydrogens is 408 g/mol. The molecule has 0 saturated heterocycles. The lowest BCUT2D eigenvalue weighted by Gasteiger charge is -2.12. The van der Waals surface area contributed by atoms with Crippen LogP contribution in [0.1, 0.15) is 30.4 Å². The van der Waals surface area contributed by atoms with Crippen molar-refractivity contribution in [1.82, 2.24) is 0 Å². The van der Waals surface area contributed by atoms with Crippen LogP contribution in [0.4, 0.5) is 0 Å². The van der Waals surface area contributed by atoms with Gasteiger partial charge in [0.15, 0.2) is 20.0 Å². The minimum Gasteiger partial charge on any atom is -0.281 e. The smallest absolute Gasteiger partial charge is 0.193 e. The summed E-state index contributed by atoms with van der Waals surface area (Å²) in [6, 6.07) is 14.7. The predicted octanol–water partition coefficient (Wildman–Crippen LogP) is 4.95. The van der Waals surface area contributed by atoms with E-state index >= 15 is 0 Å². The maximum atomic E-state index is 12.8. The van der Waals surface area contributed by atoms with Gasteiger partial charge in [-0.3, -0.25) is 8.37 Å². The van der Waals surface area contributed by atoms with Crippen molar-refractivity contribution in [2.24, 2.45) is 8.73 Å². The standard InChI is InChI=1S/C21H30N2O4S2/c1-18-8-12-20(13-9-18)28(24,22-3)26-16-6-5-7-17-27-29(25,23-4)21-14-10-19(2)11-15-21/h8-15H,5-7,16-17H2,1-4H3/t28-,29+. The number of hydrogen-bond donors (Lipinski definition) is 0. The van der Waals surface area contributed by atoms with E-state index < -0.39 is 20.0 Å². The fourth-order valence-electron chi connectivity index (χ4n) is 2.60. The van der Waals surface area contributed by atoms with Crippen molar-refractivity contribution >= 4 is 20.0 Å². The molecule has 2 aromatic rings. The van der Waals surface area contributed by atoms with Crippen LogP contribution in [0.2, 0.25) is 0 Å². The van der Waals surface area contributed by atoms with Crippen molar-refractivity contribution < 1.29 is 16.8 Å². The van der Waals surface area contributed by atoms with Crippen LogP contribution in [-0.2, 0) is 28.4 Å². The van der Waals surface area contributed by atoms with Crippen molar-refractivity contribution in [2.75, 3.05) is 27.3 Å². The molecule has 0 unspecified atom stereocenters. The molecule has 0 amide bonds. The summed E-state index contributed by atoms with van der Waals surface area (Å²) in [5.41, 5.74) is 2.18. The third-order valence-electron chi connectivity index (χ3n) is 4.39. The van der Waals surface area contributed by atoms with Gasteiger partial charge in [0, 0.05) is 14.1 Å². The van der Waals surface area contributed by atoms with Gasteiger partial charge in [0.1, 0.15) is 0 Å². The van der Waals surface area contributed by atoms with E-state index in [-0.39, 0.29) is 0 Å². The van der Waals surface area contributed by atoms with E-state index in [0.29, 0.717) is 35.8 Å². The molecule has 160 valence electrons. The summed E-state index contributed by atoms with van der Waals surface area (Å²) >= 11 is 0. The Bertz CT molecular complexity index is 932. The van der Waals surface area contributed by atoms with Crippen LogP contribution < -0.4 is 0 Å². The Morgan fingerprint density at radius 3 is 1.31 bits per heavy atom. The monoisotopic (exact) mass is 438 g/mol. The fourth-order valence-corrected chi connectivity index (χ4v) is 5.15. The number of hydrogen-bond acceptors (Lipinski definition) is 6. The van der Waals surface area contributed by atoms with Crippen LogP contribution in [0.5, 0.6) is 0 Å². The van der Waals surface area contributed by atoms with Crippen molar-refractivity contribution in [2.45, 2.75) is 42.9 Å². The average molecular weight is 439 g/mol. The summed E-state index contributed by atoms with van der Waals surface area (Å²) in [5, 5.41) is 0. The van der Waals surface area contributed by atoms with Gasteiger partial charge in [-0.05, 0) is 57.4 Å². The number of rotatable bonds is 10. The summed E-state index contributed by atoms with van der Waals surface area (Å²) in [6.07, 6.45) is 2.20. The molecule has 0 aliphatic rings. The van der Waals surface area contributed by atoms with E-state index in [0.717, 1.165) is 17.5 Å². The largest absolute Gasteiger partial charge is 0.281 e. The van der Waals surface area contributed by atoms with Crippen LogP contribution in [0, 0.1) is 13.8 Å². The van der Waals surface area contributed by atoms with Gasteiger partial charge in [0.2, 0.25) is 0 Å². The van der Waals surface area contributed by atoms with Crippen molar-refractivity contribution in [3.05, 3.63) is 59.7 Å². The number of benzene rings is 2. The van der Waals surface area contributed by atoms with Gasteiger partial charge in [0.25, 0.3) is 0 Å². The molecule has 0 radical (unpaired) electrons. The molecule has 0 spiro atoms. The summed E-state index contributed by atoms with van der Waals surface area (Å²) in [4.78, 5) is 1.16. The van der Waals surface area contributed by atoms with Crippen molar-refractivity contribution in [3.8, 4) is 0 Å². The first-order valence-electron chi connectivity index (χ1n) is 9.55. The molecule has 2 aromatic carbocycles. The summed E-state index contributed by atoms with van der Waals surface area (Å²) < 4.78 is 44.8. The first kappa shape index (κ1) is 23.5. The molecule has 0 N–H and O–H groups in total. The molecule has 0 aliphatic heterocycles. The van der Waals surface area contributed by atoms with Gasteiger partial charge >= 0.3 is 0 Å². The van der Waals surface area contributed by atoms with Gasteiger partial charge in [0.05, 0.1) is 23.0 Å².